The first-order valence-electron chi connectivity index (χ1n) is 7.27. The summed E-state index contributed by atoms with van der Waals surface area (Å²) >= 11 is 0. The van der Waals surface area contributed by atoms with Gasteiger partial charge in [0.15, 0.2) is 0 Å². The highest BCUT2D eigenvalue weighted by atomic mass is 16.5. The third kappa shape index (κ3) is 3.63. The molecule has 0 heterocycles. The maximum Gasteiger partial charge on any atom is 0.127 e. The summed E-state index contributed by atoms with van der Waals surface area (Å²) < 4.78 is 11.4. The van der Waals surface area contributed by atoms with E-state index in [1.807, 2.05) is 25.1 Å². The monoisotopic (exact) mass is 263 g/mol. The van der Waals surface area contributed by atoms with Crippen molar-refractivity contribution in [3.8, 4) is 11.5 Å². The molecule has 0 amide bonds. The molecule has 0 saturated heterocycles. The van der Waals surface area contributed by atoms with E-state index < -0.39 is 0 Å². The Hall–Kier alpha value is -1.22. The van der Waals surface area contributed by atoms with Gasteiger partial charge in [0, 0.05) is 6.04 Å². The summed E-state index contributed by atoms with van der Waals surface area (Å²) in [7, 11) is 1.67. The molecule has 2 rings (SSSR count). The SMILES string of the molecule is COc1cccc(OCC2CCCCC2)c1[C@@H](C)N. The minimum absolute atomic E-state index is 0.0856. The van der Waals surface area contributed by atoms with Gasteiger partial charge in [-0.1, -0.05) is 25.3 Å². The number of rotatable bonds is 5. The van der Waals surface area contributed by atoms with Gasteiger partial charge in [0.25, 0.3) is 0 Å². The van der Waals surface area contributed by atoms with Gasteiger partial charge in [-0.15, -0.1) is 0 Å². The Balaban J connectivity index is 2.06. The predicted octanol–water partition coefficient (Wildman–Crippen LogP) is 3.67. The molecule has 106 valence electrons. The average molecular weight is 263 g/mol. The molecule has 1 aromatic rings. The van der Waals surface area contributed by atoms with Crippen molar-refractivity contribution in [2.24, 2.45) is 11.7 Å². The average Bonchev–Trinajstić information content (AvgIpc) is 2.45. The zero-order chi connectivity index (χ0) is 13.7. The first-order chi connectivity index (χ1) is 9.22. The van der Waals surface area contributed by atoms with Crippen LogP contribution in [0.3, 0.4) is 0 Å². The van der Waals surface area contributed by atoms with Crippen molar-refractivity contribution in [3.63, 3.8) is 0 Å². The molecule has 1 saturated carbocycles. The van der Waals surface area contributed by atoms with Crippen LogP contribution in [-0.2, 0) is 0 Å². The zero-order valence-electron chi connectivity index (χ0n) is 12.0. The summed E-state index contributed by atoms with van der Waals surface area (Å²) in [6, 6.07) is 5.80. The second kappa shape index (κ2) is 6.80. The lowest BCUT2D eigenvalue weighted by atomic mass is 9.90. The van der Waals surface area contributed by atoms with E-state index in [4.69, 9.17) is 15.2 Å². The van der Waals surface area contributed by atoms with E-state index in [0.29, 0.717) is 5.92 Å². The molecule has 1 fully saturated rings. The Labute approximate surface area is 116 Å². The number of hydrogen-bond acceptors (Lipinski definition) is 3. The van der Waals surface area contributed by atoms with Crippen LogP contribution in [0.1, 0.15) is 50.6 Å². The lowest BCUT2D eigenvalue weighted by molar-refractivity contribution is 0.206. The van der Waals surface area contributed by atoms with Gasteiger partial charge in [0.05, 0.1) is 19.3 Å². The van der Waals surface area contributed by atoms with E-state index in [2.05, 4.69) is 0 Å². The molecule has 19 heavy (non-hydrogen) atoms. The molecule has 0 bridgehead atoms. The zero-order valence-corrected chi connectivity index (χ0v) is 12.0. The number of methoxy groups -OCH3 is 1. The first-order valence-corrected chi connectivity index (χ1v) is 7.27. The van der Waals surface area contributed by atoms with Gasteiger partial charge in [0.2, 0.25) is 0 Å². The van der Waals surface area contributed by atoms with Crippen molar-refractivity contribution in [1.82, 2.24) is 0 Å². The molecule has 0 aliphatic heterocycles. The van der Waals surface area contributed by atoms with Crippen LogP contribution in [0.2, 0.25) is 0 Å². The van der Waals surface area contributed by atoms with Crippen LogP contribution in [0.25, 0.3) is 0 Å². The molecular formula is C16H25NO2. The predicted molar refractivity (Wildman–Crippen MR) is 77.7 cm³/mol. The smallest absolute Gasteiger partial charge is 0.127 e. The maximum absolute atomic E-state index is 6.04. The Morgan fingerprint density at radius 3 is 2.53 bits per heavy atom. The Kier molecular flexibility index (Phi) is 5.08. The Morgan fingerprint density at radius 1 is 1.21 bits per heavy atom. The molecule has 1 aromatic carbocycles. The van der Waals surface area contributed by atoms with Gasteiger partial charge in [-0.3, -0.25) is 0 Å². The summed E-state index contributed by atoms with van der Waals surface area (Å²) in [4.78, 5) is 0. The Morgan fingerprint density at radius 2 is 1.89 bits per heavy atom. The number of hydrogen-bond donors (Lipinski definition) is 1. The fourth-order valence-electron chi connectivity index (χ4n) is 2.84. The normalized spacial score (nSPS) is 18.1. The Bertz CT molecular complexity index is 398. The minimum atomic E-state index is -0.0856. The van der Waals surface area contributed by atoms with Crippen molar-refractivity contribution < 1.29 is 9.47 Å². The van der Waals surface area contributed by atoms with Crippen molar-refractivity contribution in [2.75, 3.05) is 13.7 Å². The molecule has 0 aromatic heterocycles. The van der Waals surface area contributed by atoms with E-state index in [1.54, 1.807) is 7.11 Å². The highest BCUT2D eigenvalue weighted by molar-refractivity contribution is 5.46. The molecule has 0 spiro atoms. The summed E-state index contributed by atoms with van der Waals surface area (Å²) in [6.45, 7) is 2.76. The molecule has 0 radical (unpaired) electrons. The van der Waals surface area contributed by atoms with Crippen LogP contribution in [0, 0.1) is 5.92 Å². The molecular weight excluding hydrogens is 238 g/mol. The number of benzene rings is 1. The van der Waals surface area contributed by atoms with Crippen molar-refractivity contribution in [1.29, 1.82) is 0 Å². The van der Waals surface area contributed by atoms with E-state index in [0.717, 1.165) is 23.7 Å². The molecule has 3 heteroatoms. The number of ether oxygens (including phenoxy) is 2. The van der Waals surface area contributed by atoms with Gasteiger partial charge in [-0.05, 0) is 37.8 Å². The standard InChI is InChI=1S/C16H25NO2/c1-12(17)16-14(18-2)9-6-10-15(16)19-11-13-7-4-3-5-8-13/h6,9-10,12-13H,3-5,7-8,11,17H2,1-2H3/t12-/m1/s1. The molecule has 1 atom stereocenters. The van der Waals surface area contributed by atoms with Gasteiger partial charge in [-0.25, -0.2) is 0 Å². The molecule has 1 aliphatic carbocycles. The van der Waals surface area contributed by atoms with Crippen LogP contribution in [0.5, 0.6) is 11.5 Å². The van der Waals surface area contributed by atoms with E-state index in [9.17, 15) is 0 Å². The summed E-state index contributed by atoms with van der Waals surface area (Å²) in [5.41, 5.74) is 7.01. The van der Waals surface area contributed by atoms with Crippen LogP contribution in [-0.4, -0.2) is 13.7 Å². The van der Waals surface area contributed by atoms with Gasteiger partial charge < -0.3 is 15.2 Å². The molecule has 3 nitrogen and oxygen atoms in total. The maximum atomic E-state index is 6.04. The largest absolute Gasteiger partial charge is 0.496 e. The first kappa shape index (κ1) is 14.2. The van der Waals surface area contributed by atoms with E-state index >= 15 is 0 Å². The van der Waals surface area contributed by atoms with E-state index in [1.165, 1.54) is 32.1 Å². The van der Waals surface area contributed by atoms with Crippen molar-refractivity contribution in [3.05, 3.63) is 23.8 Å². The third-order valence-electron chi connectivity index (χ3n) is 3.90. The fourth-order valence-corrected chi connectivity index (χ4v) is 2.84. The molecule has 2 N–H and O–H groups in total. The number of nitrogens with two attached hydrogens (primary N) is 1. The second-order valence-electron chi connectivity index (χ2n) is 5.48. The summed E-state index contributed by atoms with van der Waals surface area (Å²) in [5.74, 6) is 2.39. The van der Waals surface area contributed by atoms with Gasteiger partial charge in [0.1, 0.15) is 11.5 Å². The van der Waals surface area contributed by atoms with Crippen LogP contribution in [0.4, 0.5) is 0 Å². The quantitative estimate of drug-likeness (QED) is 0.881. The van der Waals surface area contributed by atoms with Crippen molar-refractivity contribution in [2.45, 2.75) is 45.1 Å². The summed E-state index contributed by atoms with van der Waals surface area (Å²) in [5, 5.41) is 0. The van der Waals surface area contributed by atoms with Crippen molar-refractivity contribution >= 4 is 0 Å². The second-order valence-corrected chi connectivity index (χ2v) is 5.48. The van der Waals surface area contributed by atoms with Gasteiger partial charge in [-0.2, -0.15) is 0 Å². The topological polar surface area (TPSA) is 44.5 Å². The fraction of sp³-hybridized carbons (Fsp3) is 0.625. The van der Waals surface area contributed by atoms with Crippen LogP contribution < -0.4 is 15.2 Å². The molecule has 0 unspecified atom stereocenters. The van der Waals surface area contributed by atoms with E-state index in [-0.39, 0.29) is 6.04 Å². The summed E-state index contributed by atoms with van der Waals surface area (Å²) in [6.07, 6.45) is 6.63. The third-order valence-corrected chi connectivity index (χ3v) is 3.90. The van der Waals surface area contributed by atoms with Gasteiger partial charge >= 0.3 is 0 Å². The molecule has 1 aliphatic rings. The minimum Gasteiger partial charge on any atom is -0.496 e. The highest BCUT2D eigenvalue weighted by Crippen LogP contribution is 2.34. The van der Waals surface area contributed by atoms with Crippen LogP contribution in [0.15, 0.2) is 18.2 Å². The lowest BCUT2D eigenvalue weighted by Gasteiger charge is -2.23. The highest BCUT2D eigenvalue weighted by Gasteiger charge is 2.17. The lowest BCUT2D eigenvalue weighted by Crippen LogP contribution is -2.17. The van der Waals surface area contributed by atoms with Crippen LogP contribution >= 0.6 is 0 Å².